The van der Waals surface area contributed by atoms with Gasteiger partial charge >= 0.3 is 86.1 Å². The van der Waals surface area contributed by atoms with Crippen LogP contribution in [0.3, 0.4) is 0 Å². The van der Waals surface area contributed by atoms with Crippen molar-refractivity contribution in [3.8, 4) is 0 Å². The van der Waals surface area contributed by atoms with E-state index in [1.807, 2.05) is 66.1 Å². The second-order valence-corrected chi connectivity index (χ2v) is 5.15. The molecule has 0 fully saturated rings. The van der Waals surface area contributed by atoms with Gasteiger partial charge in [0.05, 0.1) is 11.4 Å². The summed E-state index contributed by atoms with van der Waals surface area (Å²) in [5, 5.41) is 1.65. The molecule has 0 saturated heterocycles. The van der Waals surface area contributed by atoms with E-state index in [4.69, 9.17) is 21.5 Å². The molecule has 9 nitrogen and oxygen atoms in total. The van der Waals surface area contributed by atoms with Crippen molar-refractivity contribution in [3.05, 3.63) is 60.7 Å². The first-order chi connectivity index (χ1) is 10.8. The Kier molecular flexibility index (Phi) is 11.0. The molecule has 0 aromatic heterocycles. The van der Waals surface area contributed by atoms with Crippen LogP contribution < -0.4 is 77.3 Å². The zero-order valence-electron chi connectivity index (χ0n) is 12.7. The van der Waals surface area contributed by atoms with Gasteiger partial charge in [-0.05, 0) is 24.3 Å². The third kappa shape index (κ3) is 9.98. The Hall–Kier alpha value is -1.01. The maximum atomic E-state index is 11.4. The molecule has 2 aromatic carbocycles. The molecule has 0 unspecified atom stereocenters. The summed E-state index contributed by atoms with van der Waals surface area (Å²) >= 11 is -5.62. The fourth-order valence-electron chi connectivity index (χ4n) is 1.57. The first kappa shape index (κ1) is 23.0. The number of benzene rings is 2. The number of nitrogens with zero attached hydrogens (tertiary/aromatic N) is 1. The van der Waals surface area contributed by atoms with Crippen LogP contribution >= 0.6 is 0 Å². The van der Waals surface area contributed by atoms with Crippen LogP contribution in [-0.2, 0) is 24.5 Å². The Morgan fingerprint density at radius 3 is 1.54 bits per heavy atom. The zero-order chi connectivity index (χ0) is 17.3. The monoisotopic (exact) mass is 400 g/mol. The minimum atomic E-state index is -5.62. The molecule has 4 N–H and O–H groups in total. The summed E-state index contributed by atoms with van der Waals surface area (Å²) in [7, 11) is 0. The van der Waals surface area contributed by atoms with E-state index >= 15 is 0 Å². The molecular weight excluding hydrogens is 386 g/mol. The van der Waals surface area contributed by atoms with Crippen molar-refractivity contribution in [2.45, 2.75) is 0 Å². The van der Waals surface area contributed by atoms with Crippen LogP contribution in [0.1, 0.15) is 0 Å². The molecule has 2 rings (SSSR count). The third-order valence-corrected chi connectivity index (χ3v) is 2.37. The molecule has 0 radical (unpaired) electrons. The summed E-state index contributed by atoms with van der Waals surface area (Å²) in [5.41, 5.74) is 6.38. The van der Waals surface area contributed by atoms with Crippen LogP contribution in [0.4, 0.5) is 16.2 Å². The molecule has 0 saturated carbocycles. The Morgan fingerprint density at radius 1 is 0.917 bits per heavy atom. The number of para-hydroxylation sites is 2. The predicted molar refractivity (Wildman–Crippen MR) is 72.9 cm³/mol. The van der Waals surface area contributed by atoms with Gasteiger partial charge in [0.2, 0.25) is 0 Å². The normalized spacial score (nSPS) is 9.58. The zero-order valence-corrected chi connectivity index (χ0v) is 17.0. The van der Waals surface area contributed by atoms with Gasteiger partial charge in [0, 0.05) is 0 Å². The van der Waals surface area contributed by atoms with Gasteiger partial charge in [-0.25, -0.2) is 16.1 Å². The molecule has 124 valence electrons. The Balaban J connectivity index is 0.000000777. The van der Waals surface area contributed by atoms with Crippen molar-refractivity contribution >= 4 is 17.4 Å². The molecule has 0 aliphatic rings. The van der Waals surface area contributed by atoms with Gasteiger partial charge in [0.15, 0.2) is 0 Å². The average Bonchev–Trinajstić information content (AvgIpc) is 2.52. The average molecular weight is 400 g/mol. The molecule has 2 aromatic rings. The van der Waals surface area contributed by atoms with Crippen LogP contribution in [0, 0.1) is 0 Å². The van der Waals surface area contributed by atoms with E-state index in [0.717, 1.165) is 11.4 Å². The molecular formula is C13H14KMnN4O5. The van der Waals surface area contributed by atoms with E-state index in [0.29, 0.717) is 0 Å². The number of anilines is 2. The number of hydrazine groups is 2. The summed E-state index contributed by atoms with van der Waals surface area (Å²) in [6.45, 7) is 0. The quantitative estimate of drug-likeness (QED) is 0.221. The number of carbonyl (C=O) groups excluding carboxylic acids is 1. The number of carbonyl (C=O) groups is 1. The number of amides is 2. The molecule has 0 aliphatic heterocycles. The van der Waals surface area contributed by atoms with Crippen molar-refractivity contribution in [3.63, 3.8) is 0 Å². The van der Waals surface area contributed by atoms with Crippen molar-refractivity contribution in [2.24, 2.45) is 5.84 Å². The van der Waals surface area contributed by atoms with E-state index in [2.05, 4.69) is 5.43 Å². The number of rotatable bonds is 3. The predicted octanol–water partition coefficient (Wildman–Crippen LogP) is -2.63. The van der Waals surface area contributed by atoms with E-state index in [9.17, 15) is 4.79 Å². The molecule has 2 amide bonds. The first-order valence-corrected chi connectivity index (χ1v) is 8.03. The molecule has 0 spiro atoms. The Morgan fingerprint density at radius 2 is 1.25 bits per heavy atom. The number of hydrogen-bond acceptors (Lipinski definition) is 7. The maximum absolute atomic E-state index is 11.4. The van der Waals surface area contributed by atoms with Gasteiger partial charge < -0.3 is 0 Å². The summed E-state index contributed by atoms with van der Waals surface area (Å²) in [4.78, 5) is 11.4. The molecule has 0 aliphatic carbocycles. The van der Waals surface area contributed by atoms with Gasteiger partial charge in [-0.15, -0.1) is 0 Å². The summed E-state index contributed by atoms with van der Waals surface area (Å²) in [6.07, 6.45) is 0. The second-order valence-electron chi connectivity index (χ2n) is 3.97. The number of nitrogens with two attached hydrogens (primary N) is 1. The van der Waals surface area contributed by atoms with Gasteiger partial charge in [-0.3, -0.25) is 10.4 Å². The van der Waals surface area contributed by atoms with Gasteiger partial charge in [0.1, 0.15) is 0 Å². The molecule has 11 heteroatoms. The van der Waals surface area contributed by atoms with Gasteiger partial charge in [-0.1, -0.05) is 36.4 Å². The summed E-state index contributed by atoms with van der Waals surface area (Å²) in [6, 6.07) is 18.5. The third-order valence-electron chi connectivity index (χ3n) is 2.37. The Bertz CT molecular complexity index is 729. The number of urea groups is 1. The molecule has 0 heterocycles. The SMILES string of the molecule is NNC(=O)NN(c1ccccc1)c1ccccc1.[K+].[O]=[Mn](=[O])(=[O])[O-]. The molecule has 0 atom stereocenters. The van der Waals surface area contributed by atoms with Gasteiger partial charge in [-0.2, -0.15) is 0 Å². The van der Waals surface area contributed by atoms with Crippen molar-refractivity contribution in [2.75, 3.05) is 5.01 Å². The van der Waals surface area contributed by atoms with E-state index < -0.39 is 19.0 Å². The number of nitrogens with one attached hydrogen (secondary N) is 2. The van der Waals surface area contributed by atoms with Crippen LogP contribution in [0.25, 0.3) is 0 Å². The second kappa shape index (κ2) is 11.5. The topological polar surface area (TPSA) is 145 Å². The Labute approximate surface area is 182 Å². The van der Waals surface area contributed by atoms with E-state index in [-0.39, 0.29) is 51.4 Å². The van der Waals surface area contributed by atoms with Crippen molar-refractivity contribution in [1.29, 1.82) is 0 Å². The van der Waals surface area contributed by atoms with E-state index in [1.54, 1.807) is 5.01 Å². The first-order valence-electron chi connectivity index (χ1n) is 6.10. The fourth-order valence-corrected chi connectivity index (χ4v) is 1.57. The molecule has 0 bridgehead atoms. The van der Waals surface area contributed by atoms with Crippen LogP contribution in [-0.4, -0.2) is 6.03 Å². The van der Waals surface area contributed by atoms with Gasteiger partial charge in [0.25, 0.3) is 0 Å². The van der Waals surface area contributed by atoms with Crippen LogP contribution in [0.15, 0.2) is 60.7 Å². The number of hydrogen-bond donors (Lipinski definition) is 3. The van der Waals surface area contributed by atoms with Crippen LogP contribution in [0.5, 0.6) is 0 Å². The summed E-state index contributed by atoms with van der Waals surface area (Å²) < 4.78 is 34.3. The summed E-state index contributed by atoms with van der Waals surface area (Å²) in [5.74, 6) is 5.09. The van der Waals surface area contributed by atoms with E-state index in [1.165, 1.54) is 0 Å². The van der Waals surface area contributed by atoms with Crippen molar-refractivity contribution < 1.29 is 84.8 Å². The van der Waals surface area contributed by atoms with Crippen LogP contribution in [0.2, 0.25) is 0 Å². The molecule has 24 heavy (non-hydrogen) atoms. The standard InChI is InChI=1S/C13H14N4O.K.Mn.4O/c14-15-13(18)16-17(11-7-3-1-4-8-11)12-9-5-2-6-10-12;;;;;;/h1-10H,14H2,(H2,15,16,18);;;;;;/q;+1;;;;;-1. The fraction of sp³-hybridized carbons (Fsp3) is 0. The van der Waals surface area contributed by atoms with Crippen molar-refractivity contribution in [1.82, 2.24) is 10.9 Å². The minimum absolute atomic E-state index is 0.